The van der Waals surface area contributed by atoms with Crippen LogP contribution in [0.4, 0.5) is 4.79 Å². The molecule has 2 aromatic rings. The first-order valence-corrected chi connectivity index (χ1v) is 11.4. The third-order valence-corrected chi connectivity index (χ3v) is 6.16. The third-order valence-electron chi connectivity index (χ3n) is 6.16. The Morgan fingerprint density at radius 3 is 2.50 bits per heavy atom. The first-order valence-electron chi connectivity index (χ1n) is 11.4. The van der Waals surface area contributed by atoms with Crippen LogP contribution < -0.4 is 0 Å². The summed E-state index contributed by atoms with van der Waals surface area (Å²) in [6.45, 7) is 8.65. The lowest BCUT2D eigenvalue weighted by molar-refractivity contribution is -0.138. The Bertz CT molecular complexity index is 930. The Morgan fingerprint density at radius 1 is 1.09 bits per heavy atom. The molecule has 4 rings (SSSR count). The van der Waals surface area contributed by atoms with Crippen molar-refractivity contribution in [1.29, 1.82) is 0 Å². The summed E-state index contributed by atoms with van der Waals surface area (Å²) in [5, 5.41) is 4.12. The minimum atomic E-state index is -0.292. The monoisotopic (exact) mass is 441 g/mol. The zero-order valence-electron chi connectivity index (χ0n) is 18.8. The summed E-state index contributed by atoms with van der Waals surface area (Å²) < 4.78 is 10.5. The number of aryl methyl sites for hydroxylation is 1. The lowest BCUT2D eigenvalue weighted by atomic mass is 9.95. The molecule has 2 amide bonds. The second kappa shape index (κ2) is 10.1. The Labute approximate surface area is 188 Å². The van der Waals surface area contributed by atoms with Crippen molar-refractivity contribution >= 4 is 12.0 Å². The molecule has 2 aliphatic heterocycles. The molecular weight excluding hydrogens is 410 g/mol. The first-order chi connectivity index (χ1) is 15.5. The highest BCUT2D eigenvalue weighted by Crippen LogP contribution is 2.23. The molecule has 9 nitrogen and oxygen atoms in total. The van der Waals surface area contributed by atoms with Crippen LogP contribution in [-0.4, -0.2) is 82.7 Å². The minimum absolute atomic E-state index is 0.0333. The Balaban J connectivity index is 1.23. The molecule has 3 heterocycles. The van der Waals surface area contributed by atoms with Gasteiger partial charge in [-0.15, -0.1) is 0 Å². The van der Waals surface area contributed by atoms with E-state index in [1.54, 1.807) is 11.8 Å². The summed E-state index contributed by atoms with van der Waals surface area (Å²) in [6, 6.07) is 8.04. The zero-order valence-corrected chi connectivity index (χ0v) is 18.8. The average Bonchev–Trinajstić information content (AvgIpc) is 3.28. The van der Waals surface area contributed by atoms with Gasteiger partial charge in [-0.3, -0.25) is 9.69 Å². The van der Waals surface area contributed by atoms with Gasteiger partial charge in [-0.25, -0.2) is 4.79 Å². The van der Waals surface area contributed by atoms with Gasteiger partial charge in [0.05, 0.1) is 13.2 Å². The fourth-order valence-electron chi connectivity index (χ4n) is 4.33. The maximum Gasteiger partial charge on any atom is 0.409 e. The van der Waals surface area contributed by atoms with Crippen LogP contribution in [0.25, 0.3) is 11.4 Å². The second-order valence-electron chi connectivity index (χ2n) is 8.44. The minimum Gasteiger partial charge on any atom is -0.450 e. The predicted octanol–water partition coefficient (Wildman–Crippen LogP) is 2.56. The van der Waals surface area contributed by atoms with Gasteiger partial charge in [-0.1, -0.05) is 28.9 Å². The van der Waals surface area contributed by atoms with Gasteiger partial charge in [0.15, 0.2) is 0 Å². The molecule has 1 aromatic heterocycles. The van der Waals surface area contributed by atoms with Crippen molar-refractivity contribution in [2.75, 3.05) is 45.9 Å². The normalized spacial score (nSPS) is 18.1. The molecule has 0 spiro atoms. The molecule has 2 saturated heterocycles. The molecule has 172 valence electrons. The number of hydrogen-bond acceptors (Lipinski definition) is 7. The van der Waals surface area contributed by atoms with Gasteiger partial charge in [0, 0.05) is 37.7 Å². The van der Waals surface area contributed by atoms with Crippen molar-refractivity contribution in [2.45, 2.75) is 33.2 Å². The molecule has 9 heteroatoms. The SMILES string of the molecule is CCOC(=O)N1CCN(C(=O)C2CCN(Cc3nc(-c4cccc(C)c4)no3)CC2)CC1. The molecule has 0 bridgehead atoms. The number of carbonyl (C=O) groups excluding carboxylic acids is 2. The fourth-order valence-corrected chi connectivity index (χ4v) is 4.33. The van der Waals surface area contributed by atoms with Crippen LogP contribution in [0.5, 0.6) is 0 Å². The Kier molecular flexibility index (Phi) is 7.04. The highest BCUT2D eigenvalue weighted by molar-refractivity contribution is 5.79. The van der Waals surface area contributed by atoms with E-state index >= 15 is 0 Å². The molecule has 0 aliphatic carbocycles. The maximum absolute atomic E-state index is 12.9. The number of nitrogens with zero attached hydrogens (tertiary/aromatic N) is 5. The zero-order chi connectivity index (χ0) is 22.5. The molecule has 0 radical (unpaired) electrons. The lowest BCUT2D eigenvalue weighted by Crippen LogP contribution is -2.53. The molecule has 1 aromatic carbocycles. The largest absolute Gasteiger partial charge is 0.450 e. The van der Waals surface area contributed by atoms with Crippen LogP contribution in [-0.2, 0) is 16.1 Å². The number of aromatic nitrogens is 2. The van der Waals surface area contributed by atoms with Gasteiger partial charge in [0.25, 0.3) is 0 Å². The van der Waals surface area contributed by atoms with Crippen molar-refractivity contribution in [2.24, 2.45) is 5.92 Å². The summed E-state index contributed by atoms with van der Waals surface area (Å²) >= 11 is 0. The standard InChI is InChI=1S/C23H31N5O4/c1-3-31-23(30)28-13-11-27(12-14-28)22(29)18-7-9-26(10-8-18)16-20-24-21(25-32-20)19-6-4-5-17(2)15-19/h4-6,15,18H,3,7-14,16H2,1-2H3. The van der Waals surface area contributed by atoms with Crippen molar-refractivity contribution in [1.82, 2.24) is 24.8 Å². The molecule has 0 unspecified atom stereocenters. The van der Waals surface area contributed by atoms with Crippen LogP contribution in [0.2, 0.25) is 0 Å². The van der Waals surface area contributed by atoms with Crippen molar-refractivity contribution < 1.29 is 18.8 Å². The number of rotatable bonds is 5. The lowest BCUT2D eigenvalue weighted by Gasteiger charge is -2.38. The van der Waals surface area contributed by atoms with Crippen LogP contribution in [0.15, 0.2) is 28.8 Å². The molecule has 32 heavy (non-hydrogen) atoms. The number of amides is 2. The first kappa shape index (κ1) is 22.3. The Hall–Kier alpha value is -2.94. The number of carbonyl (C=O) groups is 2. The van der Waals surface area contributed by atoms with E-state index in [4.69, 9.17) is 9.26 Å². The highest BCUT2D eigenvalue weighted by atomic mass is 16.6. The van der Waals surface area contributed by atoms with E-state index in [1.807, 2.05) is 36.1 Å². The molecule has 2 fully saturated rings. The van der Waals surface area contributed by atoms with Crippen molar-refractivity contribution in [3.8, 4) is 11.4 Å². The molecular formula is C23H31N5O4. The predicted molar refractivity (Wildman–Crippen MR) is 118 cm³/mol. The van der Waals surface area contributed by atoms with Crippen LogP contribution in [0, 0.1) is 12.8 Å². The molecule has 2 aliphatic rings. The maximum atomic E-state index is 12.9. The average molecular weight is 442 g/mol. The summed E-state index contributed by atoms with van der Waals surface area (Å²) in [6.07, 6.45) is 1.34. The smallest absolute Gasteiger partial charge is 0.409 e. The summed E-state index contributed by atoms with van der Waals surface area (Å²) in [7, 11) is 0. The topological polar surface area (TPSA) is 92.0 Å². The van der Waals surface area contributed by atoms with Crippen LogP contribution >= 0.6 is 0 Å². The van der Waals surface area contributed by atoms with Gasteiger partial charge in [0.2, 0.25) is 17.6 Å². The van der Waals surface area contributed by atoms with E-state index in [0.29, 0.717) is 51.0 Å². The van der Waals surface area contributed by atoms with Gasteiger partial charge >= 0.3 is 6.09 Å². The summed E-state index contributed by atoms with van der Waals surface area (Å²) in [5.41, 5.74) is 2.11. The van der Waals surface area contributed by atoms with Gasteiger partial charge in [-0.05, 0) is 45.8 Å². The molecule has 0 saturated carbocycles. The summed E-state index contributed by atoms with van der Waals surface area (Å²) in [5.74, 6) is 1.44. The van der Waals surface area contributed by atoms with Crippen molar-refractivity contribution in [3.63, 3.8) is 0 Å². The quantitative estimate of drug-likeness (QED) is 0.704. The van der Waals surface area contributed by atoms with Gasteiger partial charge in [0.1, 0.15) is 0 Å². The fraction of sp³-hybridized carbons (Fsp3) is 0.565. The number of piperazine rings is 1. The third kappa shape index (κ3) is 5.27. The number of benzene rings is 1. The number of likely N-dealkylation sites (tertiary alicyclic amines) is 1. The van der Waals surface area contributed by atoms with Crippen LogP contribution in [0.1, 0.15) is 31.2 Å². The number of ether oxygens (including phenoxy) is 1. The number of hydrogen-bond donors (Lipinski definition) is 0. The van der Waals surface area contributed by atoms with Crippen molar-refractivity contribution in [3.05, 3.63) is 35.7 Å². The van der Waals surface area contributed by atoms with Gasteiger partial charge in [-0.2, -0.15) is 4.98 Å². The van der Waals surface area contributed by atoms with E-state index < -0.39 is 0 Å². The number of piperidine rings is 1. The molecule has 0 atom stereocenters. The second-order valence-corrected chi connectivity index (χ2v) is 8.44. The van der Waals surface area contributed by atoms with Gasteiger partial charge < -0.3 is 19.1 Å². The van der Waals surface area contributed by atoms with E-state index in [0.717, 1.165) is 37.1 Å². The summed E-state index contributed by atoms with van der Waals surface area (Å²) in [4.78, 5) is 35.1. The van der Waals surface area contributed by atoms with E-state index in [2.05, 4.69) is 15.0 Å². The highest BCUT2D eigenvalue weighted by Gasteiger charge is 2.32. The van der Waals surface area contributed by atoms with Crippen LogP contribution in [0.3, 0.4) is 0 Å². The van der Waals surface area contributed by atoms with E-state index in [1.165, 1.54) is 0 Å². The molecule has 0 N–H and O–H groups in total. The van der Waals surface area contributed by atoms with E-state index in [9.17, 15) is 9.59 Å². The Morgan fingerprint density at radius 2 is 1.81 bits per heavy atom. The van der Waals surface area contributed by atoms with E-state index in [-0.39, 0.29) is 17.9 Å².